The van der Waals surface area contributed by atoms with Crippen LogP contribution < -0.4 is 10.2 Å². The van der Waals surface area contributed by atoms with E-state index in [1.165, 1.54) is 29.3 Å². The van der Waals surface area contributed by atoms with Crippen LogP contribution >= 0.6 is 0 Å². The fourth-order valence-corrected chi connectivity index (χ4v) is 5.94. The molecule has 8 N–H and O–H groups in total. The molecule has 2 aliphatic heterocycles. The summed E-state index contributed by atoms with van der Waals surface area (Å²) in [6, 6.07) is 15.6. The first kappa shape index (κ1) is 36.7. The average molecular weight is 691 g/mol. The van der Waals surface area contributed by atoms with Gasteiger partial charge in [0.15, 0.2) is 12.5 Å². The lowest BCUT2D eigenvalue weighted by molar-refractivity contribution is -0.341. The number of allylic oxidation sites excluding steroid dienone is 1. The molecule has 0 radical (unpaired) electrons. The number of benzene rings is 2. The second-order valence-corrected chi connectivity index (χ2v) is 11.9. The zero-order chi connectivity index (χ0) is 36.1. The summed E-state index contributed by atoms with van der Waals surface area (Å²) in [6.45, 7) is 2.33. The second-order valence-electron chi connectivity index (χ2n) is 11.9. The second kappa shape index (κ2) is 16.0. The molecule has 16 nitrogen and oxygen atoms in total. The minimum Gasteiger partial charge on any atom is -0.394 e. The molecule has 0 aliphatic carbocycles. The van der Waals surface area contributed by atoms with Crippen LogP contribution in [0.2, 0.25) is 0 Å². The van der Waals surface area contributed by atoms with Crippen molar-refractivity contribution in [3.63, 3.8) is 0 Å². The number of aliphatic hydroxyl groups excluding tert-OH is 7. The lowest BCUT2D eigenvalue weighted by atomic mass is 9.96. The Kier molecular flexibility index (Phi) is 11.7. The SMILES string of the molecule is Cc1cc(/C=C/C#N)cc(C)c1Nc1ccnc(N(c2ccc(C#N)cc2)C2OC(CO)C(OC3OC(CO)C(O)C(O)C3O)C(O)C2O)n1. The standard InChI is InChI=1S/C34H38N6O10/c1-17-12-20(4-3-10-35)13-18(2)25(17)38-24-9-11-37-34(39-24)40(21-7-5-19(14-36)6-8-21)32-29(46)28(45)31(23(16-42)48-32)50-33-30(47)27(44)26(43)22(15-41)49-33/h3-9,11-13,22-23,26-33,41-47H,15-16H2,1-2H3,(H,37,38,39)/b4-3+. The fourth-order valence-electron chi connectivity index (χ4n) is 5.94. The van der Waals surface area contributed by atoms with Gasteiger partial charge in [-0.3, -0.25) is 4.90 Å². The Balaban J connectivity index is 1.47. The molecule has 0 amide bonds. The van der Waals surface area contributed by atoms with E-state index >= 15 is 0 Å². The van der Waals surface area contributed by atoms with Gasteiger partial charge < -0.3 is 55.3 Å². The number of nitriles is 2. The van der Waals surface area contributed by atoms with Crippen LogP contribution in [0.4, 0.5) is 23.1 Å². The Hall–Kier alpha value is -4.56. The van der Waals surface area contributed by atoms with Crippen LogP contribution in [0.5, 0.6) is 0 Å². The molecule has 10 unspecified atom stereocenters. The molecule has 16 heteroatoms. The number of hydrogen-bond donors (Lipinski definition) is 8. The molecule has 3 heterocycles. The predicted molar refractivity (Wildman–Crippen MR) is 176 cm³/mol. The molecular weight excluding hydrogens is 652 g/mol. The first-order valence-electron chi connectivity index (χ1n) is 15.7. The molecule has 0 saturated carbocycles. The highest BCUT2D eigenvalue weighted by Gasteiger charge is 2.52. The van der Waals surface area contributed by atoms with Crippen molar-refractivity contribution in [2.45, 2.75) is 75.2 Å². The van der Waals surface area contributed by atoms with Gasteiger partial charge >= 0.3 is 0 Å². The third kappa shape index (κ3) is 7.60. The molecule has 2 aromatic carbocycles. The van der Waals surface area contributed by atoms with Gasteiger partial charge in [0.05, 0.1) is 30.9 Å². The van der Waals surface area contributed by atoms with E-state index in [0.29, 0.717) is 17.1 Å². The van der Waals surface area contributed by atoms with Crippen molar-refractivity contribution in [2.75, 3.05) is 23.4 Å². The van der Waals surface area contributed by atoms with E-state index in [1.807, 2.05) is 38.1 Å². The number of aromatic nitrogens is 2. The zero-order valence-corrected chi connectivity index (χ0v) is 27.1. The van der Waals surface area contributed by atoms with Crippen LogP contribution in [-0.2, 0) is 14.2 Å². The van der Waals surface area contributed by atoms with Crippen molar-refractivity contribution in [3.8, 4) is 12.1 Å². The summed E-state index contributed by atoms with van der Waals surface area (Å²) < 4.78 is 17.3. The molecule has 0 bridgehead atoms. The number of aryl methyl sites for hydroxylation is 2. The smallest absolute Gasteiger partial charge is 0.234 e. The number of anilines is 4. The summed E-state index contributed by atoms with van der Waals surface area (Å²) in [6.07, 6.45) is -11.6. The number of nitrogens with one attached hydrogen (secondary N) is 1. The van der Waals surface area contributed by atoms with E-state index < -0.39 is 74.6 Å². The number of rotatable bonds is 10. The Bertz CT molecular complexity index is 1720. The molecule has 1 aromatic heterocycles. The molecule has 2 saturated heterocycles. The molecule has 10 atom stereocenters. The van der Waals surface area contributed by atoms with E-state index in [1.54, 1.807) is 24.3 Å². The summed E-state index contributed by atoms with van der Waals surface area (Å²) in [5, 5.41) is 95.2. The van der Waals surface area contributed by atoms with Gasteiger partial charge in [-0.05, 0) is 79.1 Å². The Morgan fingerprint density at radius 3 is 2.18 bits per heavy atom. The Morgan fingerprint density at radius 2 is 1.56 bits per heavy atom. The predicted octanol–water partition coefficient (Wildman–Crippen LogP) is 0.00770. The first-order chi connectivity index (χ1) is 24.0. The average Bonchev–Trinajstić information content (AvgIpc) is 3.12. The molecule has 50 heavy (non-hydrogen) atoms. The highest BCUT2D eigenvalue weighted by molar-refractivity contribution is 5.69. The monoisotopic (exact) mass is 690 g/mol. The highest BCUT2D eigenvalue weighted by Crippen LogP contribution is 2.36. The van der Waals surface area contributed by atoms with Crippen molar-refractivity contribution in [3.05, 3.63) is 77.0 Å². The van der Waals surface area contributed by atoms with Gasteiger partial charge in [-0.15, -0.1) is 0 Å². The van der Waals surface area contributed by atoms with Crippen LogP contribution in [0.15, 0.2) is 54.7 Å². The summed E-state index contributed by atoms with van der Waals surface area (Å²) in [4.78, 5) is 10.5. The highest BCUT2D eigenvalue weighted by atomic mass is 16.7. The van der Waals surface area contributed by atoms with Gasteiger partial charge in [0.1, 0.15) is 54.6 Å². The van der Waals surface area contributed by atoms with Gasteiger partial charge in [0, 0.05) is 23.6 Å². The van der Waals surface area contributed by atoms with E-state index in [-0.39, 0.29) is 5.95 Å². The summed E-state index contributed by atoms with van der Waals surface area (Å²) in [5.74, 6) is 0.360. The van der Waals surface area contributed by atoms with Crippen LogP contribution in [0.25, 0.3) is 6.08 Å². The summed E-state index contributed by atoms with van der Waals surface area (Å²) in [5.41, 5.74) is 4.04. The van der Waals surface area contributed by atoms with Gasteiger partial charge in [0.25, 0.3) is 0 Å². The molecule has 2 fully saturated rings. The van der Waals surface area contributed by atoms with Gasteiger partial charge in [0.2, 0.25) is 5.95 Å². The van der Waals surface area contributed by atoms with Gasteiger partial charge in [-0.2, -0.15) is 15.5 Å². The lowest BCUT2D eigenvalue weighted by Crippen LogP contribution is -2.66. The molecule has 2 aliphatic rings. The topological polar surface area (TPSA) is 258 Å². The van der Waals surface area contributed by atoms with Gasteiger partial charge in [-0.1, -0.05) is 0 Å². The third-order valence-electron chi connectivity index (χ3n) is 8.52. The van der Waals surface area contributed by atoms with Crippen molar-refractivity contribution in [1.82, 2.24) is 9.97 Å². The van der Waals surface area contributed by atoms with Crippen molar-refractivity contribution < 1.29 is 50.0 Å². The summed E-state index contributed by atoms with van der Waals surface area (Å²) in [7, 11) is 0. The van der Waals surface area contributed by atoms with Crippen LogP contribution in [0.1, 0.15) is 22.3 Å². The quantitative estimate of drug-likeness (QED) is 0.130. The molecule has 3 aromatic rings. The van der Waals surface area contributed by atoms with Crippen molar-refractivity contribution >= 4 is 29.2 Å². The van der Waals surface area contributed by atoms with Crippen molar-refractivity contribution in [2.24, 2.45) is 0 Å². The van der Waals surface area contributed by atoms with E-state index in [2.05, 4.69) is 15.3 Å². The van der Waals surface area contributed by atoms with E-state index in [0.717, 1.165) is 22.4 Å². The van der Waals surface area contributed by atoms with Crippen LogP contribution in [-0.4, -0.2) is 120 Å². The van der Waals surface area contributed by atoms with Crippen LogP contribution in [0, 0.1) is 36.5 Å². The van der Waals surface area contributed by atoms with Crippen molar-refractivity contribution in [1.29, 1.82) is 10.5 Å². The zero-order valence-electron chi connectivity index (χ0n) is 27.1. The Morgan fingerprint density at radius 1 is 0.880 bits per heavy atom. The van der Waals surface area contributed by atoms with E-state index in [9.17, 15) is 41.0 Å². The summed E-state index contributed by atoms with van der Waals surface area (Å²) >= 11 is 0. The molecule has 0 spiro atoms. The molecule has 264 valence electrons. The van der Waals surface area contributed by atoms with Crippen LogP contribution in [0.3, 0.4) is 0 Å². The largest absolute Gasteiger partial charge is 0.394 e. The maximum absolute atomic E-state index is 11.5. The minimum atomic E-state index is -1.81. The number of aliphatic hydroxyl groups is 7. The molecular formula is C34H38N6O10. The maximum atomic E-state index is 11.5. The fraction of sp³-hybridized carbons (Fsp3) is 0.412. The maximum Gasteiger partial charge on any atom is 0.234 e. The molecule has 5 rings (SSSR count). The first-order valence-corrected chi connectivity index (χ1v) is 15.7. The Labute approximate surface area is 287 Å². The lowest BCUT2D eigenvalue weighted by Gasteiger charge is -2.48. The number of ether oxygens (including phenoxy) is 3. The van der Waals surface area contributed by atoms with E-state index in [4.69, 9.17) is 19.5 Å². The minimum absolute atomic E-state index is 0.00447. The number of hydrogen-bond acceptors (Lipinski definition) is 16. The normalized spacial score (nSPS) is 29.7. The third-order valence-corrected chi connectivity index (χ3v) is 8.52. The number of nitrogens with zero attached hydrogens (tertiary/aromatic N) is 5. The van der Waals surface area contributed by atoms with Gasteiger partial charge in [-0.25, -0.2) is 4.98 Å².